The van der Waals surface area contributed by atoms with Crippen molar-refractivity contribution in [2.75, 3.05) is 5.32 Å². The number of aromatic nitrogens is 4. The van der Waals surface area contributed by atoms with Crippen molar-refractivity contribution in [3.63, 3.8) is 0 Å². The molecule has 3 aromatic rings. The fourth-order valence-electron chi connectivity index (χ4n) is 1.69. The molecule has 3 rings (SSSR count). The number of nitrogens with one attached hydrogen (secondary N) is 2. The average molecular weight is 276 g/mol. The smallest absolute Gasteiger partial charge is 0.364 e. The lowest BCUT2D eigenvalue weighted by Gasteiger charge is -2.05. The van der Waals surface area contributed by atoms with Gasteiger partial charge in [0.15, 0.2) is 5.65 Å². The molecule has 2 N–H and O–H groups in total. The summed E-state index contributed by atoms with van der Waals surface area (Å²) in [6.45, 7) is 0.599. The molecule has 19 heavy (non-hydrogen) atoms. The predicted molar refractivity (Wildman–Crippen MR) is 72.4 cm³/mol. The predicted octanol–water partition coefficient (Wildman–Crippen LogP) is 1.68. The van der Waals surface area contributed by atoms with Gasteiger partial charge in [0.1, 0.15) is 5.82 Å². The van der Waals surface area contributed by atoms with Gasteiger partial charge in [0.05, 0.1) is 0 Å². The van der Waals surface area contributed by atoms with E-state index in [4.69, 9.17) is 11.6 Å². The van der Waals surface area contributed by atoms with Crippen molar-refractivity contribution in [2.45, 2.75) is 6.54 Å². The van der Waals surface area contributed by atoms with Crippen molar-refractivity contribution in [3.05, 3.63) is 57.5 Å². The lowest BCUT2D eigenvalue weighted by molar-refractivity contribution is 0.875. The van der Waals surface area contributed by atoms with E-state index in [1.54, 1.807) is 12.1 Å². The molecular formula is C12H10ClN5O. The molecule has 0 saturated heterocycles. The lowest BCUT2D eigenvalue weighted by atomic mass is 10.2. The van der Waals surface area contributed by atoms with Gasteiger partial charge < -0.3 is 5.32 Å². The van der Waals surface area contributed by atoms with Gasteiger partial charge in [0, 0.05) is 11.6 Å². The first-order chi connectivity index (χ1) is 9.22. The Hall–Kier alpha value is -2.34. The maximum absolute atomic E-state index is 11.4. The zero-order valence-corrected chi connectivity index (χ0v) is 10.6. The van der Waals surface area contributed by atoms with E-state index in [9.17, 15) is 4.79 Å². The summed E-state index contributed by atoms with van der Waals surface area (Å²) in [6, 6.07) is 11.0. The van der Waals surface area contributed by atoms with E-state index in [2.05, 4.69) is 20.6 Å². The Morgan fingerprint density at radius 2 is 2.00 bits per heavy atom. The quantitative estimate of drug-likeness (QED) is 0.763. The molecule has 1 aromatic carbocycles. The molecule has 0 aliphatic carbocycles. The Kier molecular flexibility index (Phi) is 2.92. The molecule has 7 heteroatoms. The van der Waals surface area contributed by atoms with Crippen LogP contribution in [0, 0.1) is 0 Å². The van der Waals surface area contributed by atoms with E-state index in [1.165, 1.54) is 4.52 Å². The molecule has 96 valence electrons. The summed E-state index contributed by atoms with van der Waals surface area (Å²) in [4.78, 5) is 11.4. The number of rotatable bonds is 3. The lowest BCUT2D eigenvalue weighted by Crippen LogP contribution is -2.13. The maximum Gasteiger partial charge on any atom is 0.364 e. The largest absolute Gasteiger partial charge is 0.365 e. The van der Waals surface area contributed by atoms with E-state index >= 15 is 0 Å². The second-order valence-corrected chi connectivity index (χ2v) is 4.43. The number of aromatic amines is 1. The van der Waals surface area contributed by atoms with Crippen molar-refractivity contribution in [2.24, 2.45) is 0 Å². The zero-order chi connectivity index (χ0) is 13.2. The molecule has 2 aromatic heterocycles. The Labute approximate surface area is 113 Å². The minimum Gasteiger partial charge on any atom is -0.365 e. The van der Waals surface area contributed by atoms with Gasteiger partial charge in [-0.15, -0.1) is 5.10 Å². The number of fused-ring (bicyclic) bond motifs is 1. The first kappa shape index (κ1) is 11.7. The summed E-state index contributed by atoms with van der Waals surface area (Å²) in [7, 11) is 0. The number of benzene rings is 1. The number of H-pyrrole nitrogens is 1. The molecule has 0 spiro atoms. The van der Waals surface area contributed by atoms with Crippen LogP contribution in [0.1, 0.15) is 5.56 Å². The number of anilines is 1. The fourth-order valence-corrected chi connectivity index (χ4v) is 1.82. The number of hydrogen-bond acceptors (Lipinski definition) is 4. The normalized spacial score (nSPS) is 10.8. The van der Waals surface area contributed by atoms with E-state index in [0.717, 1.165) is 5.56 Å². The van der Waals surface area contributed by atoms with Gasteiger partial charge in [0.25, 0.3) is 0 Å². The molecule has 0 atom stereocenters. The van der Waals surface area contributed by atoms with Crippen LogP contribution >= 0.6 is 11.6 Å². The minimum absolute atomic E-state index is 0.356. The van der Waals surface area contributed by atoms with Gasteiger partial charge in [-0.3, -0.25) is 0 Å². The highest BCUT2D eigenvalue weighted by molar-refractivity contribution is 6.30. The molecule has 0 saturated carbocycles. The molecule has 2 heterocycles. The van der Waals surface area contributed by atoms with Crippen LogP contribution in [0.2, 0.25) is 5.02 Å². The number of halogens is 1. The third-order valence-corrected chi connectivity index (χ3v) is 2.91. The Morgan fingerprint density at radius 3 is 2.79 bits per heavy atom. The monoisotopic (exact) mass is 275 g/mol. The summed E-state index contributed by atoms with van der Waals surface area (Å²) in [5, 5.41) is 14.1. The molecule has 0 aliphatic heterocycles. The first-order valence-electron chi connectivity index (χ1n) is 5.65. The SMILES string of the molecule is O=c1[nH]nc2ccc(NCc3ccc(Cl)cc3)nn12. The van der Waals surface area contributed by atoms with Gasteiger partial charge in [0.2, 0.25) is 0 Å². The molecule has 0 aliphatic rings. The number of nitrogens with zero attached hydrogens (tertiary/aromatic N) is 3. The van der Waals surface area contributed by atoms with Gasteiger partial charge in [-0.05, 0) is 29.8 Å². The fraction of sp³-hybridized carbons (Fsp3) is 0.0833. The van der Waals surface area contributed by atoms with Crippen LogP contribution in [-0.4, -0.2) is 19.8 Å². The standard InChI is InChI=1S/C12H10ClN5O/c13-9-3-1-8(2-4-9)7-14-10-5-6-11-15-16-12(19)18(11)17-10/h1-6H,7H2,(H,14,17)(H,16,19). The van der Waals surface area contributed by atoms with Crippen LogP contribution in [0.25, 0.3) is 5.65 Å². The average Bonchev–Trinajstić information content (AvgIpc) is 2.80. The summed E-state index contributed by atoms with van der Waals surface area (Å²) >= 11 is 5.82. The van der Waals surface area contributed by atoms with Crippen LogP contribution in [0.3, 0.4) is 0 Å². The highest BCUT2D eigenvalue weighted by Crippen LogP contribution is 2.11. The second kappa shape index (κ2) is 4.74. The van der Waals surface area contributed by atoms with Crippen LogP contribution in [0.5, 0.6) is 0 Å². The van der Waals surface area contributed by atoms with Crippen molar-refractivity contribution in [1.82, 2.24) is 19.8 Å². The van der Waals surface area contributed by atoms with Gasteiger partial charge in [-0.25, -0.2) is 9.89 Å². The van der Waals surface area contributed by atoms with Gasteiger partial charge >= 0.3 is 5.69 Å². The molecule has 6 nitrogen and oxygen atoms in total. The summed E-state index contributed by atoms with van der Waals surface area (Å²) in [5.74, 6) is 0.603. The maximum atomic E-state index is 11.4. The highest BCUT2D eigenvalue weighted by Gasteiger charge is 2.02. The third kappa shape index (κ3) is 2.43. The summed E-state index contributed by atoms with van der Waals surface area (Å²) in [6.07, 6.45) is 0. The molecule has 0 amide bonds. The molecule has 0 bridgehead atoms. The molecule has 0 radical (unpaired) electrons. The van der Waals surface area contributed by atoms with Gasteiger partial charge in [-0.2, -0.15) is 9.61 Å². The zero-order valence-electron chi connectivity index (χ0n) is 9.80. The molecule has 0 fully saturated rings. The second-order valence-electron chi connectivity index (χ2n) is 4.00. The summed E-state index contributed by atoms with van der Waals surface area (Å²) < 4.78 is 1.21. The van der Waals surface area contributed by atoms with Gasteiger partial charge in [-0.1, -0.05) is 23.7 Å². The van der Waals surface area contributed by atoms with Crippen LogP contribution in [-0.2, 0) is 6.54 Å². The highest BCUT2D eigenvalue weighted by atomic mass is 35.5. The van der Waals surface area contributed by atoms with Crippen LogP contribution in [0.15, 0.2) is 41.2 Å². The van der Waals surface area contributed by atoms with E-state index < -0.39 is 0 Å². The minimum atomic E-state index is -0.356. The Balaban J connectivity index is 1.79. The van der Waals surface area contributed by atoms with Crippen LogP contribution < -0.4 is 11.0 Å². The van der Waals surface area contributed by atoms with E-state index in [0.29, 0.717) is 23.0 Å². The number of hydrogen-bond donors (Lipinski definition) is 2. The molecular weight excluding hydrogens is 266 g/mol. The van der Waals surface area contributed by atoms with Crippen molar-refractivity contribution in [1.29, 1.82) is 0 Å². The van der Waals surface area contributed by atoms with Crippen molar-refractivity contribution < 1.29 is 0 Å². The Bertz CT molecular complexity index is 762. The molecule has 0 unspecified atom stereocenters. The van der Waals surface area contributed by atoms with Crippen LogP contribution in [0.4, 0.5) is 5.82 Å². The summed E-state index contributed by atoms with van der Waals surface area (Å²) in [5.41, 5.74) is 1.21. The Morgan fingerprint density at radius 1 is 1.21 bits per heavy atom. The van der Waals surface area contributed by atoms with Crippen molar-refractivity contribution >= 4 is 23.1 Å². The topological polar surface area (TPSA) is 75.1 Å². The third-order valence-electron chi connectivity index (χ3n) is 2.66. The van der Waals surface area contributed by atoms with Crippen molar-refractivity contribution in [3.8, 4) is 0 Å². The van der Waals surface area contributed by atoms with E-state index in [1.807, 2.05) is 24.3 Å². The van der Waals surface area contributed by atoms with E-state index in [-0.39, 0.29) is 5.69 Å². The first-order valence-corrected chi connectivity index (χ1v) is 6.03.